The van der Waals surface area contributed by atoms with Crippen molar-refractivity contribution in [3.63, 3.8) is 0 Å². The van der Waals surface area contributed by atoms with E-state index < -0.39 is 148 Å². The molecule has 0 radical (unpaired) electrons. The minimum Gasteiger partial charge on any atom is -0.465 e. The number of amides is 1. The Labute approximate surface area is 543 Å². The molecule has 0 bridgehead atoms. The summed E-state index contributed by atoms with van der Waals surface area (Å²) in [5.41, 5.74) is 0.261. The van der Waals surface area contributed by atoms with Crippen molar-refractivity contribution in [2.75, 3.05) is 26.4 Å². The zero-order valence-electron chi connectivity index (χ0n) is 50.3. The van der Waals surface area contributed by atoms with Crippen LogP contribution in [0.3, 0.4) is 0 Å². The van der Waals surface area contributed by atoms with Crippen LogP contribution in [0.5, 0.6) is 0 Å². The van der Waals surface area contributed by atoms with Crippen molar-refractivity contribution in [3.05, 3.63) is 287 Å². The van der Waals surface area contributed by atoms with Gasteiger partial charge in [-0.15, -0.1) is 0 Å². The summed E-state index contributed by atoms with van der Waals surface area (Å²) in [5, 5.41) is 12.7. The van der Waals surface area contributed by atoms with Gasteiger partial charge in [-0.2, -0.15) is 0 Å². The Hall–Kier alpha value is -11.4. The average molecular weight is 1290 g/mol. The number of carboxylic acid groups (broad SMARTS) is 1. The van der Waals surface area contributed by atoms with E-state index >= 15 is 0 Å². The first-order chi connectivity index (χ1) is 46.3. The highest BCUT2D eigenvalue weighted by Gasteiger charge is 2.56. The summed E-state index contributed by atoms with van der Waals surface area (Å²) in [4.78, 5) is 126. The highest BCUT2D eigenvalue weighted by atomic mass is 16.8. The molecule has 95 heavy (non-hydrogen) atoms. The van der Waals surface area contributed by atoms with E-state index in [0.717, 1.165) is 0 Å². The van der Waals surface area contributed by atoms with Crippen molar-refractivity contribution in [2.45, 2.75) is 67.5 Å². The Kier molecular flexibility index (Phi) is 23.0. The first-order valence-corrected chi connectivity index (χ1v) is 29.8. The van der Waals surface area contributed by atoms with Crippen LogP contribution in [-0.2, 0) is 56.8 Å². The smallest absolute Gasteiger partial charge is 0.405 e. The normalized spacial score (nSPS) is 20.5. The lowest BCUT2D eigenvalue weighted by Crippen LogP contribution is -2.64. The number of hydrogen-bond donors (Lipinski definition) is 2. The molecule has 0 spiro atoms. The molecule has 2 fully saturated rings. The van der Waals surface area contributed by atoms with Gasteiger partial charge in [0.1, 0.15) is 25.4 Å². The van der Waals surface area contributed by atoms with E-state index in [2.05, 4.69) is 5.32 Å². The molecule has 0 unspecified atom stereocenters. The van der Waals surface area contributed by atoms with Gasteiger partial charge in [0.2, 0.25) is 0 Å². The second kappa shape index (κ2) is 32.8. The third kappa shape index (κ3) is 18.0. The lowest BCUT2D eigenvalue weighted by molar-refractivity contribution is -0.307. The molecule has 0 aromatic heterocycles. The minimum atomic E-state index is -1.95. The van der Waals surface area contributed by atoms with Gasteiger partial charge in [-0.1, -0.05) is 146 Å². The van der Waals surface area contributed by atoms with Crippen LogP contribution < -0.4 is 5.32 Å². The van der Waals surface area contributed by atoms with Gasteiger partial charge in [0.15, 0.2) is 49.2 Å². The standard InChI is InChI=1S/C72H61NO22/c74-62(45-25-9-1-10-26-45)84-43-54-56(90-64(76)47-29-13-3-14-30-47)58(92-66(78)49-33-17-5-18-34-49)60(94-68(80)51-37-21-7-22-38-51)70(88-54)86-41-53(73-72(82)83)42-87-71-61(95-69(81)52-39-23-8-24-40-52)59(93-67(79)50-35-19-6-20-36-50)57(91-65(77)48-31-15-4-16-32-48)55(89-71)44-85-63(75)46-27-11-2-12-28-46/h1-40,53-61,70-71,73H,41-44H2,(H,82,83)/t54-,55-,56-,57-,58+,59+,60+,61+,70+,71+/m0/s1. The Morgan fingerprint density at radius 2 is 0.516 bits per heavy atom. The molecule has 23 nitrogen and oxygen atoms in total. The fraction of sp³-hybridized carbons (Fsp3) is 0.208. The van der Waals surface area contributed by atoms with E-state index in [1.54, 1.807) is 146 Å². The summed E-state index contributed by atoms with van der Waals surface area (Å²) in [6, 6.07) is 59.9. The van der Waals surface area contributed by atoms with Crippen LogP contribution in [0.15, 0.2) is 243 Å². The maximum absolute atomic E-state index is 14.3. The molecule has 2 aliphatic heterocycles. The molecule has 0 saturated carbocycles. The fourth-order valence-electron chi connectivity index (χ4n) is 10.1. The van der Waals surface area contributed by atoms with Gasteiger partial charge >= 0.3 is 53.8 Å². The molecular weight excluding hydrogens is 1230 g/mol. The van der Waals surface area contributed by atoms with E-state index in [1.807, 2.05) is 0 Å². The molecule has 486 valence electrons. The maximum atomic E-state index is 14.3. The molecule has 10 rings (SSSR count). The highest BCUT2D eigenvalue weighted by Crippen LogP contribution is 2.35. The van der Waals surface area contributed by atoms with Crippen LogP contribution in [0.1, 0.15) is 82.9 Å². The molecule has 8 aromatic carbocycles. The number of carbonyl (C=O) groups excluding carboxylic acids is 8. The Bertz CT molecular complexity index is 3630. The van der Waals surface area contributed by atoms with Gasteiger partial charge in [-0.25, -0.2) is 43.2 Å². The van der Waals surface area contributed by atoms with Crippen molar-refractivity contribution in [1.82, 2.24) is 5.32 Å². The van der Waals surface area contributed by atoms with Gasteiger partial charge in [-0.05, 0) is 97.1 Å². The highest BCUT2D eigenvalue weighted by molar-refractivity contribution is 5.93. The van der Waals surface area contributed by atoms with Crippen LogP contribution >= 0.6 is 0 Å². The van der Waals surface area contributed by atoms with E-state index in [9.17, 15) is 48.3 Å². The second-order valence-corrected chi connectivity index (χ2v) is 21.2. The number of rotatable bonds is 25. The van der Waals surface area contributed by atoms with Gasteiger partial charge < -0.3 is 67.3 Å². The largest absolute Gasteiger partial charge is 0.465 e. The molecule has 2 heterocycles. The Morgan fingerprint density at radius 3 is 0.747 bits per heavy atom. The molecule has 10 atom stereocenters. The van der Waals surface area contributed by atoms with E-state index in [-0.39, 0.29) is 44.5 Å². The summed E-state index contributed by atoms with van der Waals surface area (Å²) in [7, 11) is 0. The molecular formula is C72H61NO22. The maximum Gasteiger partial charge on any atom is 0.405 e. The van der Waals surface area contributed by atoms with Crippen molar-refractivity contribution in [3.8, 4) is 0 Å². The lowest BCUT2D eigenvalue weighted by atomic mass is 9.97. The zero-order chi connectivity index (χ0) is 66.5. The molecule has 2 saturated heterocycles. The summed E-state index contributed by atoms with van der Waals surface area (Å²) in [6.45, 7) is -3.10. The third-order valence-electron chi connectivity index (χ3n) is 14.7. The number of esters is 8. The summed E-state index contributed by atoms with van der Waals surface area (Å²) < 4.78 is 74.5. The number of benzene rings is 8. The molecule has 23 heteroatoms. The topological polar surface area (TPSA) is 297 Å². The summed E-state index contributed by atoms with van der Waals surface area (Å²) in [5.74, 6) is -7.72. The first-order valence-electron chi connectivity index (χ1n) is 29.8. The van der Waals surface area contributed by atoms with Crippen molar-refractivity contribution in [1.29, 1.82) is 0 Å². The number of nitrogens with one attached hydrogen (secondary N) is 1. The molecule has 8 aromatic rings. The van der Waals surface area contributed by atoms with Crippen molar-refractivity contribution < 1.29 is 105 Å². The summed E-state index contributed by atoms with van der Waals surface area (Å²) in [6.07, 6.45) is -20.0. The van der Waals surface area contributed by atoms with E-state index in [4.69, 9.17) is 56.8 Å². The zero-order valence-corrected chi connectivity index (χ0v) is 50.3. The molecule has 1 amide bonds. The Morgan fingerprint density at radius 1 is 0.305 bits per heavy atom. The summed E-state index contributed by atoms with van der Waals surface area (Å²) >= 11 is 0. The van der Waals surface area contributed by atoms with E-state index in [1.165, 1.54) is 97.1 Å². The van der Waals surface area contributed by atoms with E-state index in [0.29, 0.717) is 0 Å². The molecule has 2 N–H and O–H groups in total. The number of hydrogen-bond acceptors (Lipinski definition) is 21. The Balaban J connectivity index is 1.02. The van der Waals surface area contributed by atoms with Crippen LogP contribution in [0.2, 0.25) is 0 Å². The van der Waals surface area contributed by atoms with Crippen LogP contribution in [0.4, 0.5) is 4.79 Å². The third-order valence-corrected chi connectivity index (χ3v) is 14.7. The van der Waals surface area contributed by atoms with Crippen molar-refractivity contribution >= 4 is 53.8 Å². The molecule has 0 aliphatic carbocycles. The predicted octanol–water partition coefficient (Wildman–Crippen LogP) is 9.17. The van der Waals surface area contributed by atoms with Gasteiger partial charge in [0.05, 0.1) is 63.8 Å². The van der Waals surface area contributed by atoms with Crippen molar-refractivity contribution in [2.24, 2.45) is 0 Å². The predicted molar refractivity (Wildman–Crippen MR) is 331 cm³/mol. The lowest BCUT2D eigenvalue weighted by Gasteiger charge is -2.45. The van der Waals surface area contributed by atoms with Gasteiger partial charge in [-0.3, -0.25) is 0 Å². The van der Waals surface area contributed by atoms with Crippen LogP contribution in [-0.4, -0.2) is 153 Å². The van der Waals surface area contributed by atoms with Gasteiger partial charge in [0.25, 0.3) is 0 Å². The fourth-order valence-corrected chi connectivity index (χ4v) is 10.1. The minimum absolute atomic E-state index is 0.000291. The quantitative estimate of drug-likeness (QED) is 0.0398. The second-order valence-electron chi connectivity index (χ2n) is 21.2. The number of carbonyl (C=O) groups is 9. The van der Waals surface area contributed by atoms with Crippen LogP contribution in [0, 0.1) is 0 Å². The van der Waals surface area contributed by atoms with Crippen LogP contribution in [0.25, 0.3) is 0 Å². The monoisotopic (exact) mass is 1290 g/mol. The number of ether oxygens (including phenoxy) is 12. The first kappa shape index (κ1) is 66.5. The molecule has 2 aliphatic rings. The average Bonchev–Trinajstić information content (AvgIpc) is 0.797. The SMILES string of the molecule is O=C(O)NC(CO[C@@H]1O[C@@H](COC(=O)c2ccccc2)[C@H](OC(=O)c2ccccc2)[C@@H](OC(=O)c2ccccc2)[C@H]1OC(=O)c1ccccc1)CO[C@@H]1O[C@@H](COC(=O)c2ccccc2)[C@H](OC(=O)c2ccccc2)[C@@H](OC(=O)c2ccccc2)[C@H]1OC(=O)c1ccccc1. The van der Waals surface area contributed by atoms with Gasteiger partial charge in [0, 0.05) is 0 Å².